The summed E-state index contributed by atoms with van der Waals surface area (Å²) >= 11 is 5.74. The summed E-state index contributed by atoms with van der Waals surface area (Å²) in [6.07, 6.45) is -4.26. The van der Waals surface area contributed by atoms with Crippen LogP contribution in [0.25, 0.3) is 0 Å². The normalized spacial score (nSPS) is 14.8. The maximum Gasteiger partial charge on any atom is 0.417 e. The summed E-state index contributed by atoms with van der Waals surface area (Å²) in [7, 11) is 0. The van der Waals surface area contributed by atoms with E-state index in [4.69, 9.17) is 16.3 Å². The third kappa shape index (κ3) is 5.56. The number of carbonyl (C=O) groups excluding carboxylic acids is 2. The number of hydrogen-bond acceptors (Lipinski definition) is 4. The van der Waals surface area contributed by atoms with E-state index in [-0.39, 0.29) is 40.4 Å². The van der Waals surface area contributed by atoms with Gasteiger partial charge in [0.15, 0.2) is 0 Å². The lowest BCUT2D eigenvalue weighted by Gasteiger charge is -2.16. The van der Waals surface area contributed by atoms with Crippen molar-refractivity contribution in [3.8, 4) is 0 Å². The van der Waals surface area contributed by atoms with Gasteiger partial charge in [-0.2, -0.15) is 13.2 Å². The average molecular weight is 526 g/mol. The molecule has 36 heavy (non-hydrogen) atoms. The zero-order chi connectivity index (χ0) is 26.0. The number of alkyl halides is 3. The molecule has 1 aromatic heterocycles. The van der Waals surface area contributed by atoms with Gasteiger partial charge in [-0.1, -0.05) is 11.6 Å². The molecule has 1 heterocycles. The Hall–Kier alpha value is -3.73. The topological polar surface area (TPSA) is 80.3 Å². The summed E-state index contributed by atoms with van der Waals surface area (Å²) < 4.78 is 70.9. The van der Waals surface area contributed by atoms with Crippen molar-refractivity contribution < 1.29 is 36.3 Å². The quantitative estimate of drug-likeness (QED) is 0.389. The van der Waals surface area contributed by atoms with Crippen molar-refractivity contribution in [2.24, 2.45) is 0 Å². The largest absolute Gasteiger partial charge is 0.443 e. The summed E-state index contributed by atoms with van der Waals surface area (Å²) in [5, 5.41) is 4.92. The van der Waals surface area contributed by atoms with Crippen molar-refractivity contribution in [3.63, 3.8) is 0 Å². The molecular formula is C24H17ClF5N3O3. The molecule has 12 heteroatoms. The lowest BCUT2D eigenvalue weighted by molar-refractivity contribution is -0.137. The van der Waals surface area contributed by atoms with E-state index in [0.717, 1.165) is 24.3 Å². The first-order valence-corrected chi connectivity index (χ1v) is 10.9. The van der Waals surface area contributed by atoms with Crippen LogP contribution in [0.2, 0.25) is 5.02 Å². The number of fused-ring (bicyclic) bond motifs is 1. The van der Waals surface area contributed by atoms with Crippen molar-refractivity contribution in [2.75, 3.05) is 5.32 Å². The predicted molar refractivity (Wildman–Crippen MR) is 119 cm³/mol. The van der Waals surface area contributed by atoms with Crippen LogP contribution in [0.5, 0.6) is 0 Å². The number of anilines is 1. The van der Waals surface area contributed by atoms with Gasteiger partial charge in [-0.15, -0.1) is 0 Å². The zero-order valence-electron chi connectivity index (χ0n) is 18.3. The summed E-state index contributed by atoms with van der Waals surface area (Å²) in [6, 6.07) is 7.19. The number of aromatic nitrogens is 1. The first kappa shape index (κ1) is 25.4. The first-order chi connectivity index (χ1) is 17.0. The van der Waals surface area contributed by atoms with Gasteiger partial charge >= 0.3 is 12.3 Å². The molecule has 2 aromatic carbocycles. The van der Waals surface area contributed by atoms with Gasteiger partial charge in [0.05, 0.1) is 22.3 Å². The third-order valence-electron chi connectivity index (χ3n) is 5.55. The lowest BCUT2D eigenvalue weighted by atomic mass is 10.0. The minimum absolute atomic E-state index is 0.0935. The Kier molecular flexibility index (Phi) is 7.11. The van der Waals surface area contributed by atoms with Crippen LogP contribution in [0, 0.1) is 11.6 Å². The standard InChI is InChI=1S/C24H17ClF5N3O3/c25-17-9-13(3-6-18(17)26)32-22(34)16-4-7-19(27)21-15(16)5-8-20(21)33-23(35)36-11-14-2-1-12(10-31-14)24(28,29)30/h1-4,6-7,9-10,20H,5,8,11H2,(H,32,34)(H,33,35). The van der Waals surface area contributed by atoms with Crippen LogP contribution in [0.15, 0.2) is 48.7 Å². The van der Waals surface area contributed by atoms with Crippen molar-refractivity contribution in [2.45, 2.75) is 31.7 Å². The SMILES string of the molecule is O=C(NC1CCc2c(C(=O)Nc3ccc(F)c(Cl)c3)ccc(F)c21)OCc1ccc(C(F)(F)F)cn1. The van der Waals surface area contributed by atoms with Crippen LogP contribution >= 0.6 is 11.6 Å². The maximum atomic E-state index is 14.7. The van der Waals surface area contributed by atoms with Gasteiger partial charge in [0, 0.05) is 23.0 Å². The molecule has 2 N–H and O–H groups in total. The van der Waals surface area contributed by atoms with E-state index in [2.05, 4.69) is 15.6 Å². The van der Waals surface area contributed by atoms with E-state index in [0.29, 0.717) is 11.8 Å². The fraction of sp³-hybridized carbons (Fsp3) is 0.208. The number of nitrogens with zero attached hydrogens (tertiary/aromatic N) is 1. The molecule has 0 aliphatic heterocycles. The molecule has 0 fully saturated rings. The molecule has 188 valence electrons. The van der Waals surface area contributed by atoms with E-state index >= 15 is 0 Å². The number of ether oxygens (including phenoxy) is 1. The highest BCUT2D eigenvalue weighted by Gasteiger charge is 2.32. The Balaban J connectivity index is 1.42. The molecule has 4 rings (SSSR count). The van der Waals surface area contributed by atoms with E-state index in [1.54, 1.807) is 0 Å². The second-order valence-corrected chi connectivity index (χ2v) is 8.33. The van der Waals surface area contributed by atoms with Gasteiger partial charge in [-0.05, 0) is 60.9 Å². The number of benzene rings is 2. The Labute approximate surface area is 206 Å². The number of halogens is 6. The molecule has 3 aromatic rings. The van der Waals surface area contributed by atoms with Gasteiger partial charge in [0.2, 0.25) is 0 Å². The number of alkyl carbamates (subject to hydrolysis) is 1. The molecule has 1 aliphatic rings. The summed E-state index contributed by atoms with van der Waals surface area (Å²) in [5.74, 6) is -1.84. The van der Waals surface area contributed by atoms with Gasteiger partial charge < -0.3 is 15.4 Å². The molecule has 0 radical (unpaired) electrons. The number of rotatable bonds is 5. The van der Waals surface area contributed by atoms with E-state index in [1.165, 1.54) is 18.2 Å². The molecule has 0 saturated carbocycles. The monoisotopic (exact) mass is 525 g/mol. The summed E-state index contributed by atoms with van der Waals surface area (Å²) in [5.41, 5.74) is 0.114. The molecule has 0 spiro atoms. The lowest BCUT2D eigenvalue weighted by Crippen LogP contribution is -2.28. The number of hydrogen-bond donors (Lipinski definition) is 2. The van der Waals surface area contributed by atoms with Crippen LogP contribution < -0.4 is 10.6 Å². The third-order valence-corrected chi connectivity index (χ3v) is 5.84. The minimum atomic E-state index is -4.54. The van der Waals surface area contributed by atoms with Crippen molar-refractivity contribution >= 4 is 29.3 Å². The molecular weight excluding hydrogens is 509 g/mol. The van der Waals surface area contributed by atoms with E-state index in [9.17, 15) is 31.5 Å². The predicted octanol–water partition coefficient (Wildman–Crippen LogP) is 6.20. The Morgan fingerprint density at radius 1 is 1.08 bits per heavy atom. The Morgan fingerprint density at radius 3 is 2.50 bits per heavy atom. The van der Waals surface area contributed by atoms with Crippen LogP contribution in [-0.4, -0.2) is 17.0 Å². The van der Waals surface area contributed by atoms with Crippen molar-refractivity contribution in [1.82, 2.24) is 10.3 Å². The number of carbonyl (C=O) groups is 2. The molecule has 0 saturated heterocycles. The number of pyridine rings is 1. The molecule has 2 amide bonds. The van der Waals surface area contributed by atoms with Gasteiger partial charge in [-0.25, -0.2) is 13.6 Å². The maximum absolute atomic E-state index is 14.7. The molecule has 1 unspecified atom stereocenters. The highest BCUT2D eigenvalue weighted by molar-refractivity contribution is 6.31. The summed E-state index contributed by atoms with van der Waals surface area (Å²) in [4.78, 5) is 28.7. The second kappa shape index (κ2) is 10.1. The Bertz CT molecular complexity index is 1320. The van der Waals surface area contributed by atoms with Crippen molar-refractivity contribution in [3.05, 3.63) is 93.3 Å². The van der Waals surface area contributed by atoms with Crippen LogP contribution in [0.4, 0.5) is 32.4 Å². The van der Waals surface area contributed by atoms with Crippen LogP contribution in [0.1, 0.15) is 45.2 Å². The first-order valence-electron chi connectivity index (χ1n) is 10.6. The smallest absolute Gasteiger partial charge is 0.417 e. The van der Waals surface area contributed by atoms with Crippen molar-refractivity contribution in [1.29, 1.82) is 0 Å². The van der Waals surface area contributed by atoms with E-state index in [1.807, 2.05) is 0 Å². The van der Waals surface area contributed by atoms with Crippen LogP contribution in [-0.2, 0) is 23.9 Å². The summed E-state index contributed by atoms with van der Waals surface area (Å²) in [6.45, 7) is -0.394. The number of nitrogens with one attached hydrogen (secondary N) is 2. The molecule has 1 atom stereocenters. The second-order valence-electron chi connectivity index (χ2n) is 7.92. The minimum Gasteiger partial charge on any atom is -0.443 e. The fourth-order valence-corrected chi connectivity index (χ4v) is 4.03. The number of amides is 2. The highest BCUT2D eigenvalue weighted by Crippen LogP contribution is 2.36. The Morgan fingerprint density at radius 2 is 1.83 bits per heavy atom. The van der Waals surface area contributed by atoms with Gasteiger partial charge in [0.25, 0.3) is 5.91 Å². The van der Waals surface area contributed by atoms with Gasteiger partial charge in [0.1, 0.15) is 18.2 Å². The van der Waals surface area contributed by atoms with E-state index < -0.39 is 48.0 Å². The molecule has 6 nitrogen and oxygen atoms in total. The molecule has 0 bridgehead atoms. The fourth-order valence-electron chi connectivity index (χ4n) is 3.85. The van der Waals surface area contributed by atoms with Gasteiger partial charge in [-0.3, -0.25) is 9.78 Å². The molecule has 1 aliphatic carbocycles. The average Bonchev–Trinajstić information content (AvgIpc) is 3.24. The van der Waals surface area contributed by atoms with Crippen LogP contribution in [0.3, 0.4) is 0 Å². The zero-order valence-corrected chi connectivity index (χ0v) is 19.0. The highest BCUT2D eigenvalue weighted by atomic mass is 35.5.